The van der Waals surface area contributed by atoms with Gasteiger partial charge in [-0.1, -0.05) is 6.42 Å². The molecule has 0 aromatic carbocycles. The van der Waals surface area contributed by atoms with Gasteiger partial charge in [0.2, 0.25) is 0 Å². The zero-order chi connectivity index (χ0) is 9.80. The van der Waals surface area contributed by atoms with Gasteiger partial charge in [0.05, 0.1) is 0 Å². The number of nitrogens with one attached hydrogen (secondary N) is 1. The quantitative estimate of drug-likeness (QED) is 0.806. The van der Waals surface area contributed by atoms with E-state index >= 15 is 0 Å². The second kappa shape index (κ2) is 4.99. The summed E-state index contributed by atoms with van der Waals surface area (Å²) >= 11 is 7.56. The number of aromatic nitrogens is 1. The monoisotopic (exact) mass is 230 g/mol. The van der Waals surface area contributed by atoms with Crippen LogP contribution in [0.25, 0.3) is 0 Å². The number of hydrogen-bond donors (Lipinski definition) is 1. The molecule has 1 aliphatic carbocycles. The van der Waals surface area contributed by atoms with Crippen LogP contribution in [0.2, 0.25) is 0 Å². The summed E-state index contributed by atoms with van der Waals surface area (Å²) in [5.41, 5.74) is 0. The molecule has 0 aliphatic heterocycles. The van der Waals surface area contributed by atoms with E-state index in [9.17, 15) is 0 Å². The molecule has 78 valence electrons. The van der Waals surface area contributed by atoms with E-state index in [1.54, 1.807) is 11.3 Å². The lowest BCUT2D eigenvalue weighted by Gasteiger charge is -2.28. The molecule has 0 bridgehead atoms. The molecule has 2 nitrogen and oxygen atoms in total. The average molecular weight is 231 g/mol. The topological polar surface area (TPSA) is 24.9 Å². The van der Waals surface area contributed by atoms with Crippen molar-refractivity contribution in [2.45, 2.75) is 31.7 Å². The van der Waals surface area contributed by atoms with Crippen molar-refractivity contribution in [3.63, 3.8) is 0 Å². The van der Waals surface area contributed by atoms with Gasteiger partial charge in [0.15, 0.2) is 5.13 Å². The number of rotatable bonds is 3. The number of nitrogens with zero attached hydrogens (tertiary/aromatic N) is 1. The summed E-state index contributed by atoms with van der Waals surface area (Å²) in [6.07, 6.45) is 6.88. The number of alkyl halides is 1. The maximum atomic E-state index is 5.89. The van der Waals surface area contributed by atoms with Crippen LogP contribution in [0.1, 0.15) is 25.7 Å². The van der Waals surface area contributed by atoms with E-state index in [0.717, 1.165) is 11.0 Å². The van der Waals surface area contributed by atoms with Crippen molar-refractivity contribution >= 4 is 28.1 Å². The molecule has 4 heteroatoms. The van der Waals surface area contributed by atoms with E-state index in [2.05, 4.69) is 10.3 Å². The number of thiazole rings is 1. The molecule has 14 heavy (non-hydrogen) atoms. The Morgan fingerprint density at radius 3 is 3.21 bits per heavy atom. The van der Waals surface area contributed by atoms with Crippen molar-refractivity contribution in [3.05, 3.63) is 11.6 Å². The summed E-state index contributed by atoms with van der Waals surface area (Å²) in [6, 6.07) is 0.582. The molecule has 0 saturated heterocycles. The molecule has 2 atom stereocenters. The van der Waals surface area contributed by atoms with E-state index in [1.165, 1.54) is 25.7 Å². The van der Waals surface area contributed by atoms with Crippen LogP contribution in [0.5, 0.6) is 0 Å². The van der Waals surface area contributed by atoms with Gasteiger partial charge in [-0.25, -0.2) is 4.98 Å². The summed E-state index contributed by atoms with van der Waals surface area (Å²) in [5, 5.41) is 6.52. The highest BCUT2D eigenvalue weighted by molar-refractivity contribution is 7.13. The van der Waals surface area contributed by atoms with Crippen molar-refractivity contribution in [2.24, 2.45) is 5.92 Å². The van der Waals surface area contributed by atoms with Crippen molar-refractivity contribution in [1.82, 2.24) is 4.98 Å². The minimum Gasteiger partial charge on any atom is -0.359 e. The molecule has 0 spiro atoms. The summed E-state index contributed by atoms with van der Waals surface area (Å²) in [4.78, 5) is 4.24. The van der Waals surface area contributed by atoms with E-state index in [0.29, 0.717) is 12.0 Å². The third-order valence-corrected chi connectivity index (χ3v) is 3.90. The fraction of sp³-hybridized carbons (Fsp3) is 0.700. The van der Waals surface area contributed by atoms with Crippen LogP contribution in [0, 0.1) is 5.92 Å². The molecule has 1 aromatic rings. The van der Waals surface area contributed by atoms with Gasteiger partial charge in [0.25, 0.3) is 0 Å². The first-order valence-corrected chi connectivity index (χ1v) is 6.52. The molecule has 2 rings (SSSR count). The average Bonchev–Trinajstić information content (AvgIpc) is 2.71. The smallest absolute Gasteiger partial charge is 0.182 e. The van der Waals surface area contributed by atoms with Crippen LogP contribution in [0.15, 0.2) is 11.6 Å². The Bertz CT molecular complexity index is 263. The maximum Gasteiger partial charge on any atom is 0.182 e. The molecule has 0 amide bonds. The van der Waals surface area contributed by atoms with Crippen LogP contribution in [-0.2, 0) is 0 Å². The molecule has 1 saturated carbocycles. The van der Waals surface area contributed by atoms with Gasteiger partial charge in [-0.15, -0.1) is 22.9 Å². The minimum atomic E-state index is 0.582. The van der Waals surface area contributed by atoms with Crippen molar-refractivity contribution in [3.8, 4) is 0 Å². The first-order chi connectivity index (χ1) is 6.88. The second-order valence-corrected chi connectivity index (χ2v) is 5.07. The molecular formula is C10H15ClN2S. The lowest BCUT2D eigenvalue weighted by atomic mass is 9.87. The Labute approximate surface area is 93.7 Å². The fourth-order valence-electron chi connectivity index (χ4n) is 2.03. The molecule has 0 radical (unpaired) electrons. The van der Waals surface area contributed by atoms with Crippen molar-refractivity contribution in [1.29, 1.82) is 0 Å². The summed E-state index contributed by atoms with van der Waals surface area (Å²) in [7, 11) is 0. The zero-order valence-electron chi connectivity index (χ0n) is 8.08. The summed E-state index contributed by atoms with van der Waals surface area (Å²) in [5.74, 6) is 1.50. The maximum absolute atomic E-state index is 5.89. The SMILES string of the molecule is ClCC1CCCC(Nc2nccs2)C1. The molecule has 2 unspecified atom stereocenters. The molecule has 1 aromatic heterocycles. The number of anilines is 1. The Hall–Kier alpha value is -0.280. The van der Waals surface area contributed by atoms with Crippen LogP contribution >= 0.6 is 22.9 Å². The minimum absolute atomic E-state index is 0.582. The second-order valence-electron chi connectivity index (χ2n) is 3.87. The van der Waals surface area contributed by atoms with Crippen LogP contribution in [0.3, 0.4) is 0 Å². The predicted octanol–water partition coefficient (Wildman–Crippen LogP) is 3.35. The van der Waals surface area contributed by atoms with Gasteiger partial charge in [0, 0.05) is 23.5 Å². The Morgan fingerprint density at radius 1 is 1.57 bits per heavy atom. The molecule has 1 N–H and O–H groups in total. The first kappa shape index (κ1) is 10.2. The van der Waals surface area contributed by atoms with Gasteiger partial charge in [0.1, 0.15) is 0 Å². The van der Waals surface area contributed by atoms with E-state index in [1.807, 2.05) is 11.6 Å². The Balaban J connectivity index is 1.86. The Kier molecular flexibility index (Phi) is 3.65. The van der Waals surface area contributed by atoms with Gasteiger partial charge in [-0.2, -0.15) is 0 Å². The van der Waals surface area contributed by atoms with Gasteiger partial charge >= 0.3 is 0 Å². The van der Waals surface area contributed by atoms with Crippen LogP contribution in [-0.4, -0.2) is 16.9 Å². The summed E-state index contributed by atoms with van der Waals surface area (Å²) < 4.78 is 0. The number of halogens is 1. The summed E-state index contributed by atoms with van der Waals surface area (Å²) in [6.45, 7) is 0. The third-order valence-electron chi connectivity index (χ3n) is 2.76. The zero-order valence-corrected chi connectivity index (χ0v) is 9.65. The van der Waals surface area contributed by atoms with Crippen LogP contribution in [0.4, 0.5) is 5.13 Å². The van der Waals surface area contributed by atoms with E-state index < -0.39 is 0 Å². The van der Waals surface area contributed by atoms with Gasteiger partial charge in [-0.3, -0.25) is 0 Å². The lowest BCUT2D eigenvalue weighted by molar-refractivity contribution is 0.362. The largest absolute Gasteiger partial charge is 0.359 e. The Morgan fingerprint density at radius 2 is 2.50 bits per heavy atom. The fourth-order valence-corrected chi connectivity index (χ4v) is 2.92. The highest BCUT2D eigenvalue weighted by Gasteiger charge is 2.21. The third kappa shape index (κ3) is 2.61. The highest BCUT2D eigenvalue weighted by atomic mass is 35.5. The van der Waals surface area contributed by atoms with E-state index in [-0.39, 0.29) is 0 Å². The van der Waals surface area contributed by atoms with Crippen LogP contribution < -0.4 is 5.32 Å². The van der Waals surface area contributed by atoms with Crippen molar-refractivity contribution < 1.29 is 0 Å². The molecule has 1 aliphatic rings. The molecule has 1 heterocycles. The first-order valence-electron chi connectivity index (χ1n) is 5.10. The molecular weight excluding hydrogens is 216 g/mol. The van der Waals surface area contributed by atoms with Gasteiger partial charge in [-0.05, 0) is 25.2 Å². The lowest BCUT2D eigenvalue weighted by Crippen LogP contribution is -2.27. The molecule has 1 fully saturated rings. The standard InChI is InChI=1S/C10H15ClN2S/c11-7-8-2-1-3-9(6-8)13-10-12-4-5-14-10/h4-5,8-9H,1-3,6-7H2,(H,12,13). The predicted molar refractivity (Wildman–Crippen MR) is 62.2 cm³/mol. The van der Waals surface area contributed by atoms with E-state index in [4.69, 9.17) is 11.6 Å². The van der Waals surface area contributed by atoms with Crippen molar-refractivity contribution in [2.75, 3.05) is 11.2 Å². The normalized spacial score (nSPS) is 27.5. The van der Waals surface area contributed by atoms with Gasteiger partial charge < -0.3 is 5.32 Å². The number of hydrogen-bond acceptors (Lipinski definition) is 3. The highest BCUT2D eigenvalue weighted by Crippen LogP contribution is 2.27.